The zero-order valence-corrected chi connectivity index (χ0v) is 17.6. The topological polar surface area (TPSA) is 88.7 Å². The predicted molar refractivity (Wildman–Crippen MR) is 119 cm³/mol. The summed E-state index contributed by atoms with van der Waals surface area (Å²) in [7, 11) is 0. The summed E-state index contributed by atoms with van der Waals surface area (Å²) in [5, 5.41) is 9.49. The molecular formula is C24H31N5O2. The molecule has 5 N–H and O–H groups in total. The van der Waals surface area contributed by atoms with Crippen LogP contribution in [-0.2, 0) is 4.79 Å². The van der Waals surface area contributed by atoms with E-state index in [0.717, 1.165) is 26.1 Å². The lowest BCUT2D eigenvalue weighted by Crippen LogP contribution is -2.50. The molecule has 5 atom stereocenters. The van der Waals surface area contributed by atoms with E-state index in [0.29, 0.717) is 18.5 Å². The fourth-order valence-electron chi connectivity index (χ4n) is 5.63. The highest BCUT2D eigenvalue weighted by Gasteiger charge is 2.45. The van der Waals surface area contributed by atoms with Gasteiger partial charge in [0, 0.05) is 49.5 Å². The Labute approximate surface area is 183 Å². The molecule has 3 saturated heterocycles. The van der Waals surface area contributed by atoms with Crippen LogP contribution in [0.3, 0.4) is 0 Å². The van der Waals surface area contributed by atoms with Crippen LogP contribution < -0.4 is 21.7 Å². The normalized spacial score (nSPS) is 31.1. The number of carbonyl (C=O) groups is 1. The Bertz CT molecular complexity index is 841. The molecule has 0 bridgehead atoms. The van der Waals surface area contributed by atoms with E-state index in [1.165, 1.54) is 11.1 Å². The first-order chi connectivity index (χ1) is 15.2. The number of hydrogen-bond donors (Lipinski definition) is 5. The first-order valence-electron chi connectivity index (χ1n) is 11.2. The molecule has 0 saturated carbocycles. The molecule has 3 fully saturated rings. The summed E-state index contributed by atoms with van der Waals surface area (Å²) in [5.41, 5.74) is 15.8. The van der Waals surface area contributed by atoms with Crippen LogP contribution in [0.5, 0.6) is 0 Å². The van der Waals surface area contributed by atoms with Gasteiger partial charge in [-0.15, -0.1) is 0 Å². The van der Waals surface area contributed by atoms with Gasteiger partial charge in [-0.25, -0.2) is 5.43 Å². The van der Waals surface area contributed by atoms with Crippen molar-refractivity contribution in [1.82, 2.24) is 26.6 Å². The minimum absolute atomic E-state index is 0.0777. The van der Waals surface area contributed by atoms with Gasteiger partial charge in [0.05, 0.1) is 0 Å². The number of fused-ring (bicyclic) bond motifs is 1. The molecule has 31 heavy (non-hydrogen) atoms. The molecule has 2 aromatic rings. The molecule has 3 aliphatic rings. The molecule has 3 heterocycles. The Morgan fingerprint density at radius 1 is 1.00 bits per heavy atom. The lowest BCUT2D eigenvalue weighted by atomic mass is 9.76. The van der Waals surface area contributed by atoms with Gasteiger partial charge in [0.2, 0.25) is 0 Å². The second-order valence-corrected chi connectivity index (χ2v) is 9.03. The molecule has 0 spiro atoms. The highest BCUT2D eigenvalue weighted by Crippen LogP contribution is 2.37. The van der Waals surface area contributed by atoms with E-state index in [1.807, 2.05) is 0 Å². The number of piperidine rings is 1. The molecule has 7 heteroatoms. The van der Waals surface area contributed by atoms with Crippen LogP contribution in [0, 0.1) is 11.8 Å². The number of nitrogens with one attached hydrogen (secondary N) is 4. The van der Waals surface area contributed by atoms with Crippen LogP contribution in [0.25, 0.3) is 0 Å². The summed E-state index contributed by atoms with van der Waals surface area (Å²) >= 11 is 0. The molecule has 2 aromatic carbocycles. The summed E-state index contributed by atoms with van der Waals surface area (Å²) in [5.74, 6) is 0.00485. The van der Waals surface area contributed by atoms with Gasteiger partial charge in [0.15, 0.2) is 0 Å². The average Bonchev–Trinajstić information content (AvgIpc) is 3.43. The molecule has 0 aromatic heterocycles. The molecule has 0 radical (unpaired) electrons. The van der Waals surface area contributed by atoms with Gasteiger partial charge >= 0.3 is 5.97 Å². The van der Waals surface area contributed by atoms with Crippen LogP contribution in [-0.4, -0.2) is 60.3 Å². The van der Waals surface area contributed by atoms with E-state index in [4.69, 9.17) is 0 Å². The molecule has 5 rings (SSSR count). The number of nitrogens with zero attached hydrogens (tertiary/aromatic N) is 1. The van der Waals surface area contributed by atoms with Crippen molar-refractivity contribution in [3.63, 3.8) is 0 Å². The van der Waals surface area contributed by atoms with E-state index >= 15 is 0 Å². The minimum Gasteiger partial charge on any atom is -0.480 e. The monoisotopic (exact) mass is 421 g/mol. The number of hydrazine groups is 2. The zero-order chi connectivity index (χ0) is 21.2. The summed E-state index contributed by atoms with van der Waals surface area (Å²) < 4.78 is 0. The molecule has 5 unspecified atom stereocenters. The molecule has 164 valence electrons. The average molecular weight is 422 g/mol. The first kappa shape index (κ1) is 20.6. The largest absolute Gasteiger partial charge is 0.480 e. The standard InChI is InChI=1S/C24H31N5O2/c30-24(31)22-18(13-25-27-22)14-29-12-11-20-19(15-29)23(28-26-20)21(16-7-3-1-4-8-16)17-9-5-2-6-10-17/h1-10,18-23,25-28H,11-15H2,(H,30,31). The number of hydrogen-bond acceptors (Lipinski definition) is 6. The van der Waals surface area contributed by atoms with Crippen molar-refractivity contribution in [3.05, 3.63) is 71.8 Å². The highest BCUT2D eigenvalue weighted by atomic mass is 16.4. The summed E-state index contributed by atoms with van der Waals surface area (Å²) in [6, 6.07) is 21.7. The smallest absolute Gasteiger partial charge is 0.322 e. The molecule has 3 aliphatic heterocycles. The minimum atomic E-state index is -0.778. The number of carboxylic acid groups (broad SMARTS) is 1. The van der Waals surface area contributed by atoms with Crippen LogP contribution >= 0.6 is 0 Å². The second kappa shape index (κ2) is 9.06. The van der Waals surface area contributed by atoms with Gasteiger partial charge < -0.3 is 10.0 Å². The lowest BCUT2D eigenvalue weighted by molar-refractivity contribution is -0.140. The van der Waals surface area contributed by atoms with Crippen LogP contribution in [0.2, 0.25) is 0 Å². The third-order valence-electron chi connectivity index (χ3n) is 7.17. The second-order valence-electron chi connectivity index (χ2n) is 9.03. The van der Waals surface area contributed by atoms with Crippen LogP contribution in [0.4, 0.5) is 0 Å². The lowest BCUT2D eigenvalue weighted by Gasteiger charge is -2.39. The van der Waals surface area contributed by atoms with Crippen molar-refractivity contribution < 1.29 is 9.90 Å². The molecular weight excluding hydrogens is 390 g/mol. The predicted octanol–water partition coefficient (Wildman–Crippen LogP) is 1.16. The number of carboxylic acids is 1. The molecule has 7 nitrogen and oxygen atoms in total. The van der Waals surface area contributed by atoms with E-state index in [1.54, 1.807) is 0 Å². The van der Waals surface area contributed by atoms with Crippen LogP contribution in [0.1, 0.15) is 23.5 Å². The third-order valence-corrected chi connectivity index (χ3v) is 7.17. The summed E-state index contributed by atoms with van der Waals surface area (Å²) in [6.07, 6.45) is 1.07. The van der Waals surface area contributed by atoms with Crippen molar-refractivity contribution in [3.8, 4) is 0 Å². The Kier molecular flexibility index (Phi) is 6.02. The van der Waals surface area contributed by atoms with Gasteiger partial charge in [-0.1, -0.05) is 60.7 Å². The fraction of sp³-hybridized carbons (Fsp3) is 0.458. The van der Waals surface area contributed by atoms with Crippen molar-refractivity contribution in [2.45, 2.75) is 30.5 Å². The Morgan fingerprint density at radius 3 is 2.32 bits per heavy atom. The van der Waals surface area contributed by atoms with Crippen LogP contribution in [0.15, 0.2) is 60.7 Å². The number of aliphatic carboxylic acids is 1. The zero-order valence-electron chi connectivity index (χ0n) is 17.6. The van der Waals surface area contributed by atoms with E-state index in [2.05, 4.69) is 87.3 Å². The van der Waals surface area contributed by atoms with Crippen molar-refractivity contribution in [1.29, 1.82) is 0 Å². The van der Waals surface area contributed by atoms with E-state index in [-0.39, 0.29) is 17.9 Å². The SMILES string of the molecule is O=C(O)C1NNCC1CN1CCC2NNC(C(c3ccccc3)c3ccccc3)C2C1. The van der Waals surface area contributed by atoms with Gasteiger partial charge in [-0.3, -0.25) is 21.1 Å². The summed E-state index contributed by atoms with van der Waals surface area (Å²) in [4.78, 5) is 14.0. The maximum absolute atomic E-state index is 11.6. The van der Waals surface area contributed by atoms with Crippen molar-refractivity contribution in [2.75, 3.05) is 26.2 Å². The quantitative estimate of drug-likeness (QED) is 0.478. The van der Waals surface area contributed by atoms with Crippen molar-refractivity contribution in [2.24, 2.45) is 11.8 Å². The third kappa shape index (κ3) is 4.24. The Hall–Kier alpha value is -2.29. The number of likely N-dealkylation sites (tertiary alicyclic amines) is 1. The van der Waals surface area contributed by atoms with Gasteiger partial charge in [0.25, 0.3) is 0 Å². The maximum atomic E-state index is 11.6. The van der Waals surface area contributed by atoms with E-state index in [9.17, 15) is 9.90 Å². The maximum Gasteiger partial charge on any atom is 0.322 e. The fourth-order valence-corrected chi connectivity index (χ4v) is 5.63. The van der Waals surface area contributed by atoms with Gasteiger partial charge in [-0.05, 0) is 24.1 Å². The Balaban J connectivity index is 1.36. The Morgan fingerprint density at radius 2 is 1.68 bits per heavy atom. The van der Waals surface area contributed by atoms with Crippen molar-refractivity contribution >= 4 is 5.97 Å². The molecule has 0 amide bonds. The number of rotatable bonds is 6. The van der Waals surface area contributed by atoms with Gasteiger partial charge in [-0.2, -0.15) is 0 Å². The molecule has 0 aliphatic carbocycles. The van der Waals surface area contributed by atoms with Gasteiger partial charge in [0.1, 0.15) is 6.04 Å². The highest BCUT2D eigenvalue weighted by molar-refractivity contribution is 5.74. The van der Waals surface area contributed by atoms with E-state index < -0.39 is 12.0 Å². The first-order valence-corrected chi connectivity index (χ1v) is 11.2. The summed E-state index contributed by atoms with van der Waals surface area (Å²) in [6.45, 7) is 3.45. The number of benzene rings is 2.